The number of rotatable bonds is 14. The maximum atomic E-state index is 12.1. The van der Waals surface area contributed by atoms with Gasteiger partial charge < -0.3 is 9.63 Å². The lowest BCUT2D eigenvalue weighted by Gasteiger charge is -2.19. The zero-order chi connectivity index (χ0) is 21.8. The van der Waals surface area contributed by atoms with Crippen molar-refractivity contribution in [1.29, 1.82) is 0 Å². The predicted octanol–water partition coefficient (Wildman–Crippen LogP) is 5.66. The lowest BCUT2D eigenvalue weighted by molar-refractivity contribution is 0.236. The molecule has 0 fully saturated rings. The van der Waals surface area contributed by atoms with Crippen LogP contribution >= 0.6 is 7.37 Å². The highest BCUT2D eigenvalue weighted by molar-refractivity contribution is 7.94. The van der Waals surface area contributed by atoms with Gasteiger partial charge in [-0.15, -0.1) is 0 Å². The van der Waals surface area contributed by atoms with Gasteiger partial charge in [-0.1, -0.05) is 34.9 Å². The Balaban J connectivity index is 4.46. The molecule has 0 amide bonds. The van der Waals surface area contributed by atoms with Gasteiger partial charge in [0.15, 0.2) is 4.99 Å². The van der Waals surface area contributed by atoms with Crippen LogP contribution in [-0.2, 0) is 19.4 Å². The van der Waals surface area contributed by atoms with Crippen LogP contribution in [0.3, 0.4) is 0 Å². The summed E-state index contributed by atoms with van der Waals surface area (Å²) in [5.74, 6) is 0. The van der Waals surface area contributed by atoms with Gasteiger partial charge in [0.1, 0.15) is 6.35 Å². The summed E-state index contributed by atoms with van der Waals surface area (Å²) >= 11 is 0. The number of unbranched alkanes of at least 4 members (excludes halogenated alkanes) is 1. The Morgan fingerprint density at radius 1 is 1.00 bits per heavy atom. The average Bonchev–Trinajstić information content (AvgIpc) is 2.52. The van der Waals surface area contributed by atoms with Gasteiger partial charge in [-0.25, -0.2) is 0 Å². The molecule has 0 saturated carbocycles. The largest absolute Gasteiger partial charge is 0.375 e. The molecule has 2 unspecified atom stereocenters. The van der Waals surface area contributed by atoms with Crippen molar-refractivity contribution < 1.29 is 27.2 Å². The number of methoxy groups -OCH3 is 1. The highest BCUT2D eigenvalue weighted by atomic mass is 32.2. The molecule has 0 heterocycles. The van der Waals surface area contributed by atoms with E-state index in [1.54, 1.807) is 0 Å². The highest BCUT2D eigenvalue weighted by Crippen LogP contribution is 2.50. The van der Waals surface area contributed by atoms with Crippen molar-refractivity contribution >= 4 is 17.5 Å². The van der Waals surface area contributed by atoms with Gasteiger partial charge >= 0.3 is 0 Å². The summed E-state index contributed by atoms with van der Waals surface area (Å²) in [6, 6.07) is 0. The predicted molar refractivity (Wildman–Crippen MR) is 116 cm³/mol. The first-order chi connectivity index (χ1) is 12.9. The second-order valence-electron chi connectivity index (χ2n) is 7.53. The fourth-order valence-corrected chi connectivity index (χ4v) is 6.24. The van der Waals surface area contributed by atoms with Crippen LogP contribution in [0, 0.1) is 0 Å². The smallest absolute Gasteiger partial charge is 0.277 e. The third kappa shape index (κ3) is 12.7. The Hall–Kier alpha value is -0.720. The molecule has 0 radical (unpaired) electrons. The molecule has 2 N–H and O–H groups in total. The summed E-state index contributed by atoms with van der Waals surface area (Å²) in [6.45, 7) is 8.36. The van der Waals surface area contributed by atoms with Crippen LogP contribution in [-0.4, -0.2) is 36.3 Å². The monoisotopic (exact) mass is 436 g/mol. The highest BCUT2D eigenvalue weighted by Gasteiger charge is 2.40. The third-order valence-corrected chi connectivity index (χ3v) is 8.88. The van der Waals surface area contributed by atoms with E-state index in [4.69, 9.17) is 0 Å². The fourth-order valence-electron chi connectivity index (χ4n) is 2.81. The van der Waals surface area contributed by atoms with E-state index in [-0.39, 0.29) is 6.42 Å². The third-order valence-electron chi connectivity index (χ3n) is 4.38. The van der Waals surface area contributed by atoms with Gasteiger partial charge in [-0.2, -0.15) is 8.42 Å². The molecule has 164 valence electrons. The van der Waals surface area contributed by atoms with Crippen LogP contribution < -0.4 is 0 Å². The van der Waals surface area contributed by atoms with E-state index in [9.17, 15) is 22.4 Å². The molecule has 0 aromatic rings. The van der Waals surface area contributed by atoms with E-state index in [0.717, 1.165) is 25.7 Å². The number of hydrogen-bond donors (Lipinski definition) is 2. The summed E-state index contributed by atoms with van der Waals surface area (Å²) in [5, 5.41) is 0. The minimum absolute atomic E-state index is 0.0802. The molecule has 6 nitrogen and oxygen atoms in total. The molecule has 8 heteroatoms. The lowest BCUT2D eigenvalue weighted by Crippen LogP contribution is -2.22. The molecule has 28 heavy (non-hydrogen) atoms. The van der Waals surface area contributed by atoms with Crippen LogP contribution in [0.2, 0.25) is 0 Å². The molecular weight excluding hydrogens is 399 g/mol. The molecule has 0 aliphatic heterocycles. The number of ether oxygens (including phenoxy) is 1. The Kier molecular flexibility index (Phi) is 13.1. The molecular formula is C20H37O6PS. The second kappa shape index (κ2) is 13.5. The normalized spacial score (nSPS) is 16.5. The van der Waals surface area contributed by atoms with Gasteiger partial charge in [0, 0.05) is 7.11 Å². The lowest BCUT2D eigenvalue weighted by atomic mass is 10.1. The first-order valence-corrected chi connectivity index (χ1v) is 13.0. The first-order valence-electron chi connectivity index (χ1n) is 9.61. The van der Waals surface area contributed by atoms with E-state index in [1.165, 1.54) is 23.8 Å². The van der Waals surface area contributed by atoms with Crippen LogP contribution in [0.1, 0.15) is 72.6 Å². The standard InChI is InChI=1S/C20H37O6PS/c1-17(2)10-8-12-19(4)14-9-13-18(3)11-6-7-15-20(28(23,24)25)27(21,22)16-26-5/h10-11,14,20H,6-9,12-13,15-16H2,1-5H3,(H,21,22)(H,23,24,25)/b18-11+,19-14+. The summed E-state index contributed by atoms with van der Waals surface area (Å²) in [5.41, 5.74) is 3.90. The molecule has 0 saturated heterocycles. The van der Waals surface area contributed by atoms with Crippen molar-refractivity contribution in [2.75, 3.05) is 13.5 Å². The molecule has 0 rings (SSSR count). The van der Waals surface area contributed by atoms with Crippen molar-refractivity contribution in [3.8, 4) is 0 Å². The fraction of sp³-hybridized carbons (Fsp3) is 0.700. The minimum Gasteiger partial charge on any atom is -0.375 e. The Bertz CT molecular complexity index is 702. The molecule has 0 aliphatic carbocycles. The SMILES string of the molecule is COCP(=O)(O)C(CCC/C=C(\C)CC/C=C(\C)CCC=C(C)C)S(=O)(=O)O. The van der Waals surface area contributed by atoms with Gasteiger partial charge in [-0.3, -0.25) is 9.12 Å². The molecule has 0 bridgehead atoms. The van der Waals surface area contributed by atoms with Crippen molar-refractivity contribution in [3.05, 3.63) is 34.9 Å². The van der Waals surface area contributed by atoms with Crippen LogP contribution in [0.25, 0.3) is 0 Å². The van der Waals surface area contributed by atoms with Crippen molar-refractivity contribution in [3.63, 3.8) is 0 Å². The maximum Gasteiger partial charge on any atom is 0.277 e. The van der Waals surface area contributed by atoms with Gasteiger partial charge in [0.25, 0.3) is 10.1 Å². The van der Waals surface area contributed by atoms with E-state index in [1.807, 2.05) is 13.0 Å². The van der Waals surface area contributed by atoms with Crippen LogP contribution in [0.4, 0.5) is 0 Å². The summed E-state index contributed by atoms with van der Waals surface area (Å²) in [7, 11) is -7.52. The molecule has 0 spiro atoms. The minimum atomic E-state index is -4.61. The van der Waals surface area contributed by atoms with E-state index in [0.29, 0.717) is 12.8 Å². The van der Waals surface area contributed by atoms with Crippen LogP contribution in [0.5, 0.6) is 0 Å². The van der Waals surface area contributed by atoms with Crippen LogP contribution in [0.15, 0.2) is 34.9 Å². The number of allylic oxidation sites excluding steroid dienone is 6. The van der Waals surface area contributed by atoms with Crippen molar-refractivity contribution in [2.45, 2.75) is 77.6 Å². The second-order valence-corrected chi connectivity index (χ2v) is 11.9. The topological polar surface area (TPSA) is 101 Å². The van der Waals surface area contributed by atoms with Gasteiger partial charge in [0.05, 0.1) is 0 Å². The summed E-state index contributed by atoms with van der Waals surface area (Å²) < 4.78 is 48.8. The molecule has 0 aromatic carbocycles. The first kappa shape index (κ1) is 27.3. The molecule has 2 atom stereocenters. The van der Waals surface area contributed by atoms with E-state index in [2.05, 4.69) is 37.7 Å². The van der Waals surface area contributed by atoms with Crippen molar-refractivity contribution in [2.24, 2.45) is 0 Å². The van der Waals surface area contributed by atoms with E-state index >= 15 is 0 Å². The average molecular weight is 437 g/mol. The molecule has 0 aliphatic rings. The van der Waals surface area contributed by atoms with Crippen molar-refractivity contribution in [1.82, 2.24) is 0 Å². The van der Waals surface area contributed by atoms with Gasteiger partial charge in [-0.05, 0) is 72.6 Å². The summed E-state index contributed by atoms with van der Waals surface area (Å²) in [6.07, 6.45) is 10.8. The maximum absolute atomic E-state index is 12.1. The zero-order valence-electron chi connectivity index (χ0n) is 17.8. The Labute approximate surface area is 171 Å². The Morgan fingerprint density at radius 2 is 1.50 bits per heavy atom. The molecule has 0 aromatic heterocycles. The van der Waals surface area contributed by atoms with E-state index < -0.39 is 28.8 Å². The Morgan fingerprint density at radius 3 is 1.96 bits per heavy atom. The summed E-state index contributed by atoms with van der Waals surface area (Å²) in [4.78, 5) is 8.15. The number of hydrogen-bond acceptors (Lipinski definition) is 4. The van der Waals surface area contributed by atoms with Gasteiger partial charge in [0.2, 0.25) is 7.37 Å². The zero-order valence-corrected chi connectivity index (χ0v) is 19.6. The quantitative estimate of drug-likeness (QED) is 0.158.